The number of anilines is 1. The minimum Gasteiger partial charge on any atom is -0.352 e. The summed E-state index contributed by atoms with van der Waals surface area (Å²) in [5.74, 6) is 0.919. The molecule has 1 unspecified atom stereocenters. The Bertz CT molecular complexity index is 341. The van der Waals surface area contributed by atoms with Gasteiger partial charge in [0.2, 0.25) is 0 Å². The summed E-state index contributed by atoms with van der Waals surface area (Å²) >= 11 is 6.19. The molecule has 2 rings (SSSR count). The molecule has 0 bridgehead atoms. The van der Waals surface area contributed by atoms with Crippen LogP contribution in [0.3, 0.4) is 0 Å². The number of halogens is 1. The van der Waals surface area contributed by atoms with E-state index in [2.05, 4.69) is 9.88 Å². The van der Waals surface area contributed by atoms with E-state index < -0.39 is 0 Å². The molecule has 0 amide bonds. The van der Waals surface area contributed by atoms with Crippen LogP contribution >= 0.6 is 11.6 Å². The molecule has 0 spiro atoms. The van der Waals surface area contributed by atoms with E-state index in [-0.39, 0.29) is 0 Å². The van der Waals surface area contributed by atoms with Crippen LogP contribution in [0.25, 0.3) is 0 Å². The lowest BCUT2D eigenvalue weighted by molar-refractivity contribution is 0.439. The second-order valence-electron chi connectivity index (χ2n) is 4.23. The molecule has 1 aliphatic heterocycles. The maximum absolute atomic E-state index is 6.19. The van der Waals surface area contributed by atoms with E-state index in [0.717, 1.165) is 30.4 Å². The van der Waals surface area contributed by atoms with Crippen LogP contribution in [-0.2, 0) is 0 Å². The van der Waals surface area contributed by atoms with Gasteiger partial charge in [0.25, 0.3) is 0 Å². The first-order valence-corrected chi connectivity index (χ1v) is 6.28. The van der Waals surface area contributed by atoms with Gasteiger partial charge in [0.1, 0.15) is 5.82 Å². The number of aromatic nitrogens is 1. The standard InChI is InChI=1S/C12H18ClN3/c13-11-5-3-8-15-12(11)16-9-2-1-4-10(16)6-7-14/h3,5,8,10H,1-2,4,6-7,9,14H2. The van der Waals surface area contributed by atoms with Gasteiger partial charge in [-0.25, -0.2) is 4.98 Å². The van der Waals surface area contributed by atoms with Gasteiger partial charge in [0.15, 0.2) is 0 Å². The molecule has 0 radical (unpaired) electrons. The van der Waals surface area contributed by atoms with Crippen LogP contribution in [0.4, 0.5) is 5.82 Å². The fourth-order valence-corrected chi connectivity index (χ4v) is 2.59. The summed E-state index contributed by atoms with van der Waals surface area (Å²) in [4.78, 5) is 6.71. The fourth-order valence-electron chi connectivity index (χ4n) is 2.36. The second kappa shape index (κ2) is 5.51. The van der Waals surface area contributed by atoms with Gasteiger partial charge in [-0.2, -0.15) is 0 Å². The van der Waals surface area contributed by atoms with Crippen LogP contribution in [-0.4, -0.2) is 24.1 Å². The number of hydrogen-bond donors (Lipinski definition) is 1. The van der Waals surface area contributed by atoms with Crippen LogP contribution in [0.2, 0.25) is 5.02 Å². The van der Waals surface area contributed by atoms with E-state index >= 15 is 0 Å². The number of rotatable bonds is 3. The largest absolute Gasteiger partial charge is 0.352 e. The molecule has 16 heavy (non-hydrogen) atoms. The molecule has 0 aromatic carbocycles. The van der Waals surface area contributed by atoms with Crippen LogP contribution in [0.15, 0.2) is 18.3 Å². The first kappa shape index (κ1) is 11.7. The Morgan fingerprint density at radius 2 is 2.38 bits per heavy atom. The Kier molecular flexibility index (Phi) is 4.02. The first-order chi connectivity index (χ1) is 7.83. The number of pyridine rings is 1. The smallest absolute Gasteiger partial charge is 0.147 e. The van der Waals surface area contributed by atoms with E-state index in [1.165, 1.54) is 19.3 Å². The molecular weight excluding hydrogens is 222 g/mol. The van der Waals surface area contributed by atoms with Crippen molar-refractivity contribution >= 4 is 17.4 Å². The molecule has 0 aliphatic carbocycles. The second-order valence-corrected chi connectivity index (χ2v) is 4.64. The zero-order chi connectivity index (χ0) is 11.4. The number of hydrogen-bond acceptors (Lipinski definition) is 3. The van der Waals surface area contributed by atoms with Crippen molar-refractivity contribution in [2.45, 2.75) is 31.7 Å². The summed E-state index contributed by atoms with van der Waals surface area (Å²) in [5, 5.41) is 0.742. The maximum atomic E-state index is 6.19. The van der Waals surface area contributed by atoms with Gasteiger partial charge in [-0.1, -0.05) is 11.6 Å². The number of piperidine rings is 1. The fraction of sp³-hybridized carbons (Fsp3) is 0.583. The summed E-state index contributed by atoms with van der Waals surface area (Å²) in [7, 11) is 0. The van der Waals surface area contributed by atoms with Crippen molar-refractivity contribution in [3.8, 4) is 0 Å². The van der Waals surface area contributed by atoms with Gasteiger partial charge in [-0.05, 0) is 44.4 Å². The Morgan fingerprint density at radius 1 is 1.50 bits per heavy atom. The minimum atomic E-state index is 0.506. The van der Waals surface area contributed by atoms with E-state index in [0.29, 0.717) is 6.04 Å². The molecule has 1 fully saturated rings. The van der Waals surface area contributed by atoms with Crippen molar-refractivity contribution in [2.75, 3.05) is 18.0 Å². The molecule has 2 N–H and O–H groups in total. The van der Waals surface area contributed by atoms with Crippen molar-refractivity contribution in [1.82, 2.24) is 4.98 Å². The van der Waals surface area contributed by atoms with E-state index in [9.17, 15) is 0 Å². The third-order valence-corrected chi connectivity index (χ3v) is 3.43. The molecule has 2 heterocycles. The SMILES string of the molecule is NCCC1CCCCN1c1ncccc1Cl. The van der Waals surface area contributed by atoms with Crippen molar-refractivity contribution in [1.29, 1.82) is 0 Å². The maximum Gasteiger partial charge on any atom is 0.147 e. The Hall–Kier alpha value is -0.800. The van der Waals surface area contributed by atoms with Crippen molar-refractivity contribution in [3.05, 3.63) is 23.4 Å². The lowest BCUT2D eigenvalue weighted by atomic mass is 9.99. The Labute approximate surface area is 102 Å². The zero-order valence-corrected chi connectivity index (χ0v) is 10.2. The molecule has 0 saturated carbocycles. The van der Waals surface area contributed by atoms with Crippen LogP contribution < -0.4 is 10.6 Å². The molecule has 1 saturated heterocycles. The molecule has 3 nitrogen and oxygen atoms in total. The Morgan fingerprint density at radius 3 is 3.12 bits per heavy atom. The topological polar surface area (TPSA) is 42.1 Å². The predicted octanol–water partition coefficient (Wildman–Crippen LogP) is 2.44. The quantitative estimate of drug-likeness (QED) is 0.881. The lowest BCUT2D eigenvalue weighted by Crippen LogP contribution is -2.41. The molecule has 4 heteroatoms. The molecule has 1 atom stereocenters. The number of nitrogens with two attached hydrogens (primary N) is 1. The van der Waals surface area contributed by atoms with Crippen LogP contribution in [0.5, 0.6) is 0 Å². The average Bonchev–Trinajstić information content (AvgIpc) is 2.31. The van der Waals surface area contributed by atoms with Crippen molar-refractivity contribution < 1.29 is 0 Å². The van der Waals surface area contributed by atoms with Crippen molar-refractivity contribution in [3.63, 3.8) is 0 Å². The van der Waals surface area contributed by atoms with Gasteiger partial charge in [0, 0.05) is 18.8 Å². The summed E-state index contributed by atoms with van der Waals surface area (Å²) in [5.41, 5.74) is 5.66. The molecule has 1 aromatic heterocycles. The van der Waals surface area contributed by atoms with Gasteiger partial charge in [-0.3, -0.25) is 0 Å². The van der Waals surface area contributed by atoms with Gasteiger partial charge >= 0.3 is 0 Å². The Balaban J connectivity index is 2.19. The molecule has 1 aliphatic rings. The van der Waals surface area contributed by atoms with E-state index in [1.807, 2.05) is 12.1 Å². The summed E-state index contributed by atoms with van der Waals surface area (Å²) in [6.45, 7) is 1.77. The summed E-state index contributed by atoms with van der Waals surface area (Å²) in [6.07, 6.45) is 6.52. The normalized spacial score (nSPS) is 21.1. The average molecular weight is 240 g/mol. The monoisotopic (exact) mass is 239 g/mol. The zero-order valence-electron chi connectivity index (χ0n) is 9.40. The van der Waals surface area contributed by atoms with Crippen LogP contribution in [0, 0.1) is 0 Å². The van der Waals surface area contributed by atoms with E-state index in [4.69, 9.17) is 17.3 Å². The highest BCUT2D eigenvalue weighted by Crippen LogP contribution is 2.29. The van der Waals surface area contributed by atoms with Gasteiger partial charge in [0.05, 0.1) is 5.02 Å². The third kappa shape index (κ3) is 2.47. The third-order valence-electron chi connectivity index (χ3n) is 3.14. The highest BCUT2D eigenvalue weighted by atomic mass is 35.5. The summed E-state index contributed by atoms with van der Waals surface area (Å²) < 4.78 is 0. The molecule has 88 valence electrons. The summed E-state index contributed by atoms with van der Waals surface area (Å²) in [6, 6.07) is 4.28. The molecule has 1 aromatic rings. The molecular formula is C12H18ClN3. The first-order valence-electron chi connectivity index (χ1n) is 5.90. The van der Waals surface area contributed by atoms with Gasteiger partial charge < -0.3 is 10.6 Å². The number of nitrogens with zero attached hydrogens (tertiary/aromatic N) is 2. The highest BCUT2D eigenvalue weighted by Gasteiger charge is 2.24. The van der Waals surface area contributed by atoms with E-state index in [1.54, 1.807) is 6.20 Å². The predicted molar refractivity (Wildman–Crippen MR) is 67.9 cm³/mol. The minimum absolute atomic E-state index is 0.506. The van der Waals surface area contributed by atoms with Gasteiger partial charge in [-0.15, -0.1) is 0 Å². The lowest BCUT2D eigenvalue weighted by Gasteiger charge is -2.37. The highest BCUT2D eigenvalue weighted by molar-refractivity contribution is 6.32. The van der Waals surface area contributed by atoms with Crippen LogP contribution in [0.1, 0.15) is 25.7 Å². The van der Waals surface area contributed by atoms with Crippen molar-refractivity contribution in [2.24, 2.45) is 5.73 Å².